The summed E-state index contributed by atoms with van der Waals surface area (Å²) in [7, 11) is 0. The maximum Gasteiger partial charge on any atom is 0.341 e. The minimum Gasteiger partial charge on any atom is -0.480 e. The minimum atomic E-state index is -1.26. The van der Waals surface area contributed by atoms with Crippen molar-refractivity contribution in [3.8, 4) is 5.75 Å². The van der Waals surface area contributed by atoms with Gasteiger partial charge in [-0.2, -0.15) is 0 Å². The third-order valence-electron chi connectivity index (χ3n) is 4.62. The first-order valence-corrected chi connectivity index (χ1v) is 8.61. The number of benzene rings is 2. The Hall–Kier alpha value is -2.67. The summed E-state index contributed by atoms with van der Waals surface area (Å²) in [6, 6.07) is 7.81. The van der Waals surface area contributed by atoms with Gasteiger partial charge in [0.1, 0.15) is 17.4 Å². The zero-order valence-corrected chi connectivity index (χ0v) is 14.9. The molecule has 8 heteroatoms. The van der Waals surface area contributed by atoms with Crippen LogP contribution in [0.2, 0.25) is 5.02 Å². The van der Waals surface area contributed by atoms with Crippen LogP contribution in [0.5, 0.6) is 5.75 Å². The number of hydrogen-bond acceptors (Lipinski definition) is 3. The summed E-state index contributed by atoms with van der Waals surface area (Å²) in [5, 5.41) is 11.4. The highest BCUT2D eigenvalue weighted by Gasteiger charge is 2.49. The number of carboxylic acids is 1. The predicted molar refractivity (Wildman–Crippen MR) is 95.1 cm³/mol. The van der Waals surface area contributed by atoms with Gasteiger partial charge in [-0.15, -0.1) is 0 Å². The van der Waals surface area contributed by atoms with E-state index in [4.69, 9.17) is 21.4 Å². The van der Waals surface area contributed by atoms with Crippen molar-refractivity contribution in [2.45, 2.75) is 24.7 Å². The fourth-order valence-corrected chi connectivity index (χ4v) is 3.40. The van der Waals surface area contributed by atoms with Crippen LogP contribution in [0.3, 0.4) is 0 Å². The van der Waals surface area contributed by atoms with Crippen LogP contribution in [0.25, 0.3) is 0 Å². The molecule has 0 aromatic heterocycles. The molecule has 1 aliphatic rings. The molecule has 0 atom stereocenters. The van der Waals surface area contributed by atoms with Gasteiger partial charge in [0.05, 0.1) is 10.4 Å². The molecule has 0 saturated heterocycles. The molecule has 2 N–H and O–H groups in total. The number of amides is 1. The second kappa shape index (κ2) is 7.52. The number of carbonyl (C=O) groups excluding carboxylic acids is 1. The Morgan fingerprint density at radius 2 is 1.85 bits per heavy atom. The summed E-state index contributed by atoms with van der Waals surface area (Å²) in [5.74, 6) is -3.02. The average Bonchev–Trinajstić information content (AvgIpc) is 2.55. The Kier molecular flexibility index (Phi) is 5.32. The van der Waals surface area contributed by atoms with Gasteiger partial charge >= 0.3 is 5.97 Å². The second-order valence-electron chi connectivity index (χ2n) is 6.31. The molecule has 5 nitrogen and oxygen atoms in total. The summed E-state index contributed by atoms with van der Waals surface area (Å²) >= 11 is 6.04. The zero-order valence-electron chi connectivity index (χ0n) is 14.1. The molecular formula is C19H16ClF2NO4. The highest BCUT2D eigenvalue weighted by Crippen LogP contribution is 2.46. The van der Waals surface area contributed by atoms with E-state index in [-0.39, 0.29) is 16.3 Å². The van der Waals surface area contributed by atoms with Crippen molar-refractivity contribution in [1.29, 1.82) is 0 Å². The van der Waals surface area contributed by atoms with Crippen LogP contribution in [0.1, 0.15) is 24.8 Å². The van der Waals surface area contributed by atoms with Crippen molar-refractivity contribution in [3.63, 3.8) is 0 Å². The average molecular weight is 396 g/mol. The van der Waals surface area contributed by atoms with Crippen LogP contribution in [-0.4, -0.2) is 23.6 Å². The van der Waals surface area contributed by atoms with Gasteiger partial charge in [-0.25, -0.2) is 13.6 Å². The number of carbonyl (C=O) groups is 2. The molecule has 0 heterocycles. The molecule has 27 heavy (non-hydrogen) atoms. The maximum absolute atomic E-state index is 14.2. The first-order chi connectivity index (χ1) is 12.8. The number of anilines is 1. The number of ether oxygens (including phenoxy) is 1. The summed E-state index contributed by atoms with van der Waals surface area (Å²) in [5.41, 5.74) is -1.17. The summed E-state index contributed by atoms with van der Waals surface area (Å²) in [6.45, 7) is -0.554. The molecule has 1 fully saturated rings. The second-order valence-corrected chi connectivity index (χ2v) is 6.72. The number of aliphatic carboxylic acids is 1. The van der Waals surface area contributed by atoms with E-state index < -0.39 is 35.5 Å². The fraction of sp³-hybridized carbons (Fsp3) is 0.263. The van der Waals surface area contributed by atoms with E-state index in [0.717, 1.165) is 12.1 Å². The first-order valence-electron chi connectivity index (χ1n) is 8.23. The van der Waals surface area contributed by atoms with E-state index in [1.54, 1.807) is 0 Å². The molecule has 1 aliphatic carbocycles. The van der Waals surface area contributed by atoms with Gasteiger partial charge in [-0.05, 0) is 43.2 Å². The monoisotopic (exact) mass is 395 g/mol. The molecule has 1 amide bonds. The first kappa shape index (κ1) is 19.1. The highest BCUT2D eigenvalue weighted by molar-refractivity contribution is 6.32. The number of carboxylic acid groups (broad SMARTS) is 1. The van der Waals surface area contributed by atoms with Crippen LogP contribution < -0.4 is 10.1 Å². The summed E-state index contributed by atoms with van der Waals surface area (Å²) < 4.78 is 33.5. The topological polar surface area (TPSA) is 75.6 Å². The molecule has 0 radical (unpaired) electrons. The molecular weight excluding hydrogens is 380 g/mol. The van der Waals surface area contributed by atoms with Gasteiger partial charge in [0.2, 0.25) is 5.91 Å². The normalized spacial score (nSPS) is 14.9. The lowest BCUT2D eigenvalue weighted by Gasteiger charge is -2.40. The van der Waals surface area contributed by atoms with E-state index in [2.05, 4.69) is 5.32 Å². The van der Waals surface area contributed by atoms with E-state index in [0.29, 0.717) is 24.9 Å². The number of halogens is 3. The zero-order chi connectivity index (χ0) is 19.6. The van der Waals surface area contributed by atoms with E-state index in [1.807, 2.05) is 0 Å². The van der Waals surface area contributed by atoms with Crippen LogP contribution >= 0.6 is 11.6 Å². The molecule has 3 rings (SSSR count). The molecule has 1 saturated carbocycles. The quantitative estimate of drug-likeness (QED) is 0.770. The molecule has 142 valence electrons. The fourth-order valence-electron chi connectivity index (χ4n) is 3.16. The van der Waals surface area contributed by atoms with Crippen molar-refractivity contribution in [2.75, 3.05) is 11.9 Å². The van der Waals surface area contributed by atoms with Gasteiger partial charge < -0.3 is 15.2 Å². The highest BCUT2D eigenvalue weighted by atomic mass is 35.5. The van der Waals surface area contributed by atoms with Gasteiger partial charge in [0.15, 0.2) is 6.61 Å². The largest absolute Gasteiger partial charge is 0.480 e. The molecule has 2 aromatic carbocycles. The molecule has 2 aromatic rings. The number of nitrogens with one attached hydrogen (secondary N) is 1. The lowest BCUT2D eigenvalue weighted by molar-refractivity contribution is -0.139. The number of hydrogen-bond donors (Lipinski definition) is 2. The van der Waals surface area contributed by atoms with Crippen LogP contribution in [-0.2, 0) is 15.0 Å². The lowest BCUT2D eigenvalue weighted by Crippen LogP contribution is -2.47. The van der Waals surface area contributed by atoms with Gasteiger partial charge in [0, 0.05) is 11.3 Å². The SMILES string of the molecule is O=C(O)COc1ccc(NC(=O)C2(c3c(F)cccc3F)CCC2)cc1Cl. The summed E-state index contributed by atoms with van der Waals surface area (Å²) in [6.07, 6.45) is 1.36. The van der Waals surface area contributed by atoms with Crippen LogP contribution in [0, 0.1) is 11.6 Å². The Bertz CT molecular complexity index is 879. The summed E-state index contributed by atoms with van der Waals surface area (Å²) in [4.78, 5) is 23.4. The van der Waals surface area contributed by atoms with Crippen LogP contribution in [0.4, 0.5) is 14.5 Å². The van der Waals surface area contributed by atoms with Crippen LogP contribution in [0.15, 0.2) is 36.4 Å². The Morgan fingerprint density at radius 3 is 2.37 bits per heavy atom. The Balaban J connectivity index is 1.82. The Morgan fingerprint density at radius 1 is 1.19 bits per heavy atom. The van der Waals surface area contributed by atoms with E-state index in [1.165, 1.54) is 24.3 Å². The van der Waals surface area contributed by atoms with Gasteiger partial charge in [0.25, 0.3) is 0 Å². The van der Waals surface area contributed by atoms with E-state index in [9.17, 15) is 18.4 Å². The lowest BCUT2D eigenvalue weighted by atomic mass is 9.63. The van der Waals surface area contributed by atoms with Crippen molar-refractivity contribution in [1.82, 2.24) is 0 Å². The third kappa shape index (κ3) is 3.73. The van der Waals surface area contributed by atoms with Crippen molar-refractivity contribution in [2.24, 2.45) is 0 Å². The Labute approximate surface area is 158 Å². The standard InChI is InChI=1S/C19H16ClF2NO4/c20-12-9-11(5-6-15(12)27-10-16(24)25)23-18(26)19(7-2-8-19)17-13(21)3-1-4-14(17)22/h1,3-6,9H,2,7-8,10H2,(H,23,26)(H,24,25). The van der Waals surface area contributed by atoms with E-state index >= 15 is 0 Å². The number of rotatable bonds is 6. The molecule has 0 unspecified atom stereocenters. The molecule has 0 spiro atoms. The maximum atomic E-state index is 14.2. The van der Waals surface area contributed by atoms with Crippen molar-refractivity contribution in [3.05, 3.63) is 58.6 Å². The van der Waals surface area contributed by atoms with Gasteiger partial charge in [-0.1, -0.05) is 24.1 Å². The predicted octanol–water partition coefficient (Wildman–Crippen LogP) is 4.14. The molecule has 0 bridgehead atoms. The van der Waals surface area contributed by atoms with Gasteiger partial charge in [-0.3, -0.25) is 4.79 Å². The third-order valence-corrected chi connectivity index (χ3v) is 4.92. The minimum absolute atomic E-state index is 0.105. The molecule has 0 aliphatic heterocycles. The van der Waals surface area contributed by atoms with Crippen molar-refractivity contribution < 1.29 is 28.2 Å². The van der Waals surface area contributed by atoms with Crippen molar-refractivity contribution >= 4 is 29.2 Å². The smallest absolute Gasteiger partial charge is 0.341 e.